The number of hydrogen-bond donors (Lipinski definition) is 2. The predicted octanol–water partition coefficient (Wildman–Crippen LogP) is 2.84. The van der Waals surface area contributed by atoms with Gasteiger partial charge in [-0.15, -0.1) is 0 Å². The van der Waals surface area contributed by atoms with Crippen LogP contribution in [0.3, 0.4) is 0 Å². The SMILES string of the molecule is CC(=O)Nc1cc(NC(C)=O)cc(C(=O)OCCCc2nc(-c3cccnc3)no2)c1. The molecule has 0 fully saturated rings. The van der Waals surface area contributed by atoms with Crippen LogP contribution >= 0.6 is 0 Å². The van der Waals surface area contributed by atoms with Crippen molar-refractivity contribution in [3.63, 3.8) is 0 Å². The van der Waals surface area contributed by atoms with Crippen molar-refractivity contribution in [2.45, 2.75) is 26.7 Å². The second-order valence-corrected chi connectivity index (χ2v) is 6.65. The van der Waals surface area contributed by atoms with Crippen molar-refractivity contribution in [1.82, 2.24) is 15.1 Å². The van der Waals surface area contributed by atoms with Crippen LogP contribution < -0.4 is 10.6 Å². The fourth-order valence-corrected chi connectivity index (χ4v) is 2.74. The highest BCUT2D eigenvalue weighted by Crippen LogP contribution is 2.20. The van der Waals surface area contributed by atoms with E-state index in [-0.39, 0.29) is 24.0 Å². The van der Waals surface area contributed by atoms with Crippen LogP contribution in [-0.4, -0.2) is 39.5 Å². The second-order valence-electron chi connectivity index (χ2n) is 6.65. The largest absolute Gasteiger partial charge is 0.462 e. The van der Waals surface area contributed by atoms with Gasteiger partial charge in [0.2, 0.25) is 23.5 Å². The molecule has 2 heterocycles. The number of carbonyl (C=O) groups is 3. The second kappa shape index (κ2) is 10.1. The molecule has 31 heavy (non-hydrogen) atoms. The summed E-state index contributed by atoms with van der Waals surface area (Å²) in [6, 6.07) is 8.12. The molecule has 10 heteroatoms. The molecule has 0 radical (unpaired) electrons. The summed E-state index contributed by atoms with van der Waals surface area (Å²) in [6.45, 7) is 2.82. The molecule has 0 unspecified atom stereocenters. The molecule has 160 valence electrons. The quantitative estimate of drug-likeness (QED) is 0.417. The topological polar surface area (TPSA) is 136 Å². The lowest BCUT2D eigenvalue weighted by Gasteiger charge is -2.10. The van der Waals surface area contributed by atoms with Gasteiger partial charge in [0, 0.05) is 49.6 Å². The third-order valence-corrected chi connectivity index (χ3v) is 3.97. The first-order valence-electron chi connectivity index (χ1n) is 9.51. The van der Waals surface area contributed by atoms with Crippen LogP contribution in [0.1, 0.15) is 36.5 Å². The van der Waals surface area contributed by atoms with Crippen LogP contribution in [0.2, 0.25) is 0 Å². The highest BCUT2D eigenvalue weighted by Gasteiger charge is 2.13. The monoisotopic (exact) mass is 423 g/mol. The Morgan fingerprint density at radius 3 is 2.39 bits per heavy atom. The minimum atomic E-state index is -0.583. The Labute approximate surface area is 178 Å². The van der Waals surface area contributed by atoms with E-state index in [1.807, 2.05) is 6.07 Å². The fraction of sp³-hybridized carbons (Fsp3) is 0.238. The van der Waals surface area contributed by atoms with Gasteiger partial charge in [-0.05, 0) is 36.8 Å². The third kappa shape index (κ3) is 6.46. The van der Waals surface area contributed by atoms with Crippen LogP contribution in [0.15, 0.2) is 47.2 Å². The molecule has 1 aromatic carbocycles. The number of carbonyl (C=O) groups excluding carboxylic acids is 3. The highest BCUT2D eigenvalue weighted by molar-refractivity contribution is 5.97. The van der Waals surface area contributed by atoms with Crippen molar-refractivity contribution < 1.29 is 23.6 Å². The molecule has 3 aromatic rings. The van der Waals surface area contributed by atoms with Crippen molar-refractivity contribution >= 4 is 29.2 Å². The van der Waals surface area contributed by atoms with Gasteiger partial charge in [-0.25, -0.2) is 4.79 Å². The van der Waals surface area contributed by atoms with E-state index in [0.717, 1.165) is 5.56 Å². The van der Waals surface area contributed by atoms with E-state index in [4.69, 9.17) is 9.26 Å². The lowest BCUT2D eigenvalue weighted by molar-refractivity contribution is -0.115. The van der Waals surface area contributed by atoms with Crippen molar-refractivity contribution in [2.75, 3.05) is 17.2 Å². The van der Waals surface area contributed by atoms with Crippen molar-refractivity contribution in [3.8, 4) is 11.4 Å². The molecule has 3 rings (SSSR count). The Kier molecular flexibility index (Phi) is 7.05. The molecule has 10 nitrogen and oxygen atoms in total. The first-order valence-corrected chi connectivity index (χ1v) is 9.51. The van der Waals surface area contributed by atoms with Crippen LogP contribution in [0, 0.1) is 0 Å². The summed E-state index contributed by atoms with van der Waals surface area (Å²) in [4.78, 5) is 43.4. The first kappa shape index (κ1) is 21.6. The highest BCUT2D eigenvalue weighted by atomic mass is 16.5. The Morgan fingerprint density at radius 2 is 1.77 bits per heavy atom. The Bertz CT molecular complexity index is 1050. The van der Waals surface area contributed by atoms with E-state index in [9.17, 15) is 14.4 Å². The van der Waals surface area contributed by atoms with Gasteiger partial charge in [0.1, 0.15) is 0 Å². The molecule has 2 aromatic heterocycles. The summed E-state index contributed by atoms with van der Waals surface area (Å²) >= 11 is 0. The molecule has 2 amide bonds. The van der Waals surface area contributed by atoms with Crippen LogP contribution in [-0.2, 0) is 20.7 Å². The maximum Gasteiger partial charge on any atom is 0.338 e. The number of nitrogens with zero attached hydrogens (tertiary/aromatic N) is 3. The van der Waals surface area contributed by atoms with Gasteiger partial charge >= 0.3 is 5.97 Å². The standard InChI is InChI=1S/C21H21N5O5/c1-13(27)23-17-9-16(10-18(11-17)24-14(2)28)21(29)30-8-4-6-19-25-20(26-31-19)15-5-3-7-22-12-15/h3,5,7,9-12H,4,6,8H2,1-2H3,(H,23,27)(H,24,28). The molecule has 0 bridgehead atoms. The van der Waals surface area contributed by atoms with Gasteiger partial charge in [-0.1, -0.05) is 5.16 Å². The summed E-state index contributed by atoms with van der Waals surface area (Å²) in [5, 5.41) is 9.09. The molecule has 0 spiro atoms. The molecule has 0 saturated carbocycles. The van der Waals surface area contributed by atoms with Gasteiger partial charge in [-0.2, -0.15) is 4.98 Å². The van der Waals surface area contributed by atoms with Gasteiger partial charge in [-0.3, -0.25) is 14.6 Å². The van der Waals surface area contributed by atoms with E-state index < -0.39 is 5.97 Å². The van der Waals surface area contributed by atoms with Crippen LogP contribution in [0.25, 0.3) is 11.4 Å². The summed E-state index contributed by atoms with van der Waals surface area (Å²) in [5.41, 5.74) is 1.70. The van der Waals surface area contributed by atoms with Gasteiger partial charge in [0.15, 0.2) is 0 Å². The summed E-state index contributed by atoms with van der Waals surface area (Å²) in [6.07, 6.45) is 4.21. The Hall–Kier alpha value is -4.08. The predicted molar refractivity (Wildman–Crippen MR) is 111 cm³/mol. The van der Waals surface area contributed by atoms with Crippen LogP contribution in [0.5, 0.6) is 0 Å². The van der Waals surface area contributed by atoms with Gasteiger partial charge in [0.25, 0.3) is 0 Å². The number of rotatable bonds is 8. The molecule has 0 aliphatic carbocycles. The van der Waals surface area contributed by atoms with Gasteiger partial charge in [0.05, 0.1) is 12.2 Å². The Morgan fingerprint density at radius 1 is 1.06 bits per heavy atom. The molecule has 0 atom stereocenters. The number of esters is 1. The lowest BCUT2D eigenvalue weighted by Crippen LogP contribution is -2.12. The molecular weight excluding hydrogens is 402 g/mol. The molecule has 2 N–H and O–H groups in total. The van der Waals surface area contributed by atoms with E-state index in [2.05, 4.69) is 25.8 Å². The van der Waals surface area contributed by atoms with Crippen molar-refractivity contribution in [3.05, 3.63) is 54.2 Å². The molecule has 0 aliphatic rings. The average Bonchev–Trinajstić information content (AvgIpc) is 3.19. The fourth-order valence-electron chi connectivity index (χ4n) is 2.74. The number of anilines is 2. The maximum absolute atomic E-state index is 12.4. The molecule has 0 saturated heterocycles. The number of amides is 2. The number of pyridine rings is 1. The third-order valence-electron chi connectivity index (χ3n) is 3.97. The van der Waals surface area contributed by atoms with E-state index >= 15 is 0 Å². The average molecular weight is 423 g/mol. The van der Waals surface area contributed by atoms with Gasteiger partial charge < -0.3 is 19.9 Å². The summed E-state index contributed by atoms with van der Waals surface area (Å²) in [5.74, 6) is -0.315. The zero-order chi connectivity index (χ0) is 22.2. The van der Waals surface area contributed by atoms with E-state index in [1.54, 1.807) is 24.5 Å². The van der Waals surface area contributed by atoms with Crippen LogP contribution in [0.4, 0.5) is 11.4 Å². The summed E-state index contributed by atoms with van der Waals surface area (Å²) in [7, 11) is 0. The number of hydrogen-bond acceptors (Lipinski definition) is 8. The number of nitrogens with one attached hydrogen (secondary N) is 2. The zero-order valence-electron chi connectivity index (χ0n) is 17.0. The lowest BCUT2D eigenvalue weighted by atomic mass is 10.1. The first-order chi connectivity index (χ1) is 14.9. The number of ether oxygens (including phenoxy) is 1. The number of aryl methyl sites for hydroxylation is 1. The number of benzene rings is 1. The minimum Gasteiger partial charge on any atom is -0.462 e. The van der Waals surface area contributed by atoms with Crippen molar-refractivity contribution in [2.24, 2.45) is 0 Å². The molecular formula is C21H21N5O5. The molecule has 0 aliphatic heterocycles. The maximum atomic E-state index is 12.4. The van der Waals surface area contributed by atoms with E-state index in [0.29, 0.717) is 35.9 Å². The minimum absolute atomic E-state index is 0.128. The normalized spacial score (nSPS) is 10.4. The summed E-state index contributed by atoms with van der Waals surface area (Å²) < 4.78 is 10.5. The smallest absolute Gasteiger partial charge is 0.338 e. The number of aromatic nitrogens is 3. The zero-order valence-corrected chi connectivity index (χ0v) is 17.0. The van der Waals surface area contributed by atoms with Crippen molar-refractivity contribution in [1.29, 1.82) is 0 Å². The van der Waals surface area contributed by atoms with E-state index in [1.165, 1.54) is 26.0 Å². The Balaban J connectivity index is 1.56.